The zero-order chi connectivity index (χ0) is 22.9. The Balaban J connectivity index is 1.44. The molecular weight excluding hydrogens is 439 g/mol. The van der Waals surface area contributed by atoms with Crippen molar-refractivity contribution in [3.05, 3.63) is 53.5 Å². The molecule has 2 heterocycles. The first-order valence-electron chi connectivity index (χ1n) is 10.6. The SMILES string of the molecule is CCOC(=O)c1ccc(S(=O)(=O)N2CCN(C(=O)C3(c4ccc(F)cc4)CCC3)CC2)o1. The molecule has 1 saturated heterocycles. The molecule has 0 atom stereocenters. The van der Waals surface area contributed by atoms with E-state index >= 15 is 0 Å². The number of nitrogens with zero attached hydrogens (tertiary/aromatic N) is 2. The van der Waals surface area contributed by atoms with Gasteiger partial charge in [0, 0.05) is 26.2 Å². The number of rotatable bonds is 6. The van der Waals surface area contributed by atoms with Crippen molar-refractivity contribution in [2.75, 3.05) is 32.8 Å². The molecule has 2 aliphatic rings. The minimum absolute atomic E-state index is 0.0463. The van der Waals surface area contributed by atoms with E-state index in [0.29, 0.717) is 12.8 Å². The summed E-state index contributed by atoms with van der Waals surface area (Å²) in [7, 11) is -3.94. The molecular formula is C22H25FN2O6S. The predicted molar refractivity (Wildman–Crippen MR) is 112 cm³/mol. The van der Waals surface area contributed by atoms with Crippen LogP contribution in [-0.4, -0.2) is 62.3 Å². The van der Waals surface area contributed by atoms with Crippen LogP contribution >= 0.6 is 0 Å². The summed E-state index contributed by atoms with van der Waals surface area (Å²) in [6.07, 6.45) is 2.30. The van der Waals surface area contributed by atoms with E-state index in [1.54, 1.807) is 24.0 Å². The number of carbonyl (C=O) groups is 2. The van der Waals surface area contributed by atoms with Crippen molar-refractivity contribution >= 4 is 21.9 Å². The number of sulfonamides is 1. The van der Waals surface area contributed by atoms with E-state index in [1.807, 2.05) is 0 Å². The number of esters is 1. The van der Waals surface area contributed by atoms with E-state index in [2.05, 4.69) is 0 Å². The lowest BCUT2D eigenvalue weighted by Crippen LogP contribution is -2.57. The Bertz CT molecular complexity index is 1100. The first kappa shape index (κ1) is 22.5. The first-order chi connectivity index (χ1) is 15.3. The van der Waals surface area contributed by atoms with E-state index < -0.39 is 21.4 Å². The third-order valence-electron chi connectivity index (χ3n) is 6.19. The van der Waals surface area contributed by atoms with Crippen molar-refractivity contribution in [1.29, 1.82) is 0 Å². The maximum atomic E-state index is 13.3. The Morgan fingerprint density at radius 3 is 2.28 bits per heavy atom. The molecule has 172 valence electrons. The van der Waals surface area contributed by atoms with Gasteiger partial charge in [-0.1, -0.05) is 18.6 Å². The molecule has 1 saturated carbocycles. The normalized spacial score (nSPS) is 18.8. The molecule has 2 fully saturated rings. The number of amides is 1. The van der Waals surface area contributed by atoms with Gasteiger partial charge in [0.1, 0.15) is 5.82 Å². The number of hydrogen-bond acceptors (Lipinski definition) is 6. The quantitative estimate of drug-likeness (QED) is 0.610. The Morgan fingerprint density at radius 2 is 1.72 bits per heavy atom. The molecule has 0 unspecified atom stereocenters. The number of halogens is 1. The fourth-order valence-electron chi connectivity index (χ4n) is 4.26. The monoisotopic (exact) mass is 464 g/mol. The van der Waals surface area contributed by atoms with Gasteiger partial charge in [-0.3, -0.25) is 4.79 Å². The molecule has 1 aromatic heterocycles. The molecule has 1 aliphatic heterocycles. The van der Waals surface area contributed by atoms with Gasteiger partial charge in [0.25, 0.3) is 10.0 Å². The Hall–Kier alpha value is -2.72. The molecule has 2 aromatic rings. The molecule has 0 radical (unpaired) electrons. The van der Waals surface area contributed by atoms with Crippen LogP contribution < -0.4 is 0 Å². The third kappa shape index (κ3) is 3.93. The van der Waals surface area contributed by atoms with Crippen LogP contribution in [0.1, 0.15) is 42.3 Å². The smallest absolute Gasteiger partial charge is 0.374 e. The van der Waals surface area contributed by atoms with Crippen molar-refractivity contribution in [2.24, 2.45) is 0 Å². The van der Waals surface area contributed by atoms with Crippen molar-refractivity contribution < 1.29 is 31.6 Å². The summed E-state index contributed by atoms with van der Waals surface area (Å²) < 4.78 is 50.5. The summed E-state index contributed by atoms with van der Waals surface area (Å²) in [6, 6.07) is 8.54. The predicted octanol–water partition coefficient (Wildman–Crippen LogP) is 2.55. The molecule has 4 rings (SSSR count). The fourth-order valence-corrected chi connectivity index (χ4v) is 5.59. The highest BCUT2D eigenvalue weighted by atomic mass is 32.2. The van der Waals surface area contributed by atoms with E-state index in [4.69, 9.17) is 9.15 Å². The molecule has 0 bridgehead atoms. The summed E-state index contributed by atoms with van der Waals surface area (Å²) in [6.45, 7) is 2.50. The van der Waals surface area contributed by atoms with E-state index in [1.165, 1.54) is 28.6 Å². The average Bonchev–Trinajstić information content (AvgIpc) is 3.26. The van der Waals surface area contributed by atoms with Crippen molar-refractivity contribution in [3.63, 3.8) is 0 Å². The number of hydrogen-bond donors (Lipinski definition) is 0. The Kier molecular flexibility index (Phi) is 6.09. The topological polar surface area (TPSA) is 97.1 Å². The maximum Gasteiger partial charge on any atom is 0.374 e. The third-order valence-corrected chi connectivity index (χ3v) is 7.96. The molecule has 1 aromatic carbocycles. The van der Waals surface area contributed by atoms with Gasteiger partial charge in [0.2, 0.25) is 16.8 Å². The van der Waals surface area contributed by atoms with Gasteiger partial charge in [-0.25, -0.2) is 17.6 Å². The molecule has 0 N–H and O–H groups in total. The molecule has 0 spiro atoms. The van der Waals surface area contributed by atoms with Crippen molar-refractivity contribution in [3.8, 4) is 0 Å². The Morgan fingerprint density at radius 1 is 1.06 bits per heavy atom. The van der Waals surface area contributed by atoms with Gasteiger partial charge in [-0.2, -0.15) is 4.31 Å². The number of benzene rings is 1. The van der Waals surface area contributed by atoms with E-state index in [9.17, 15) is 22.4 Å². The second kappa shape index (κ2) is 8.67. The summed E-state index contributed by atoms with van der Waals surface area (Å²) in [5, 5.41) is -0.331. The lowest BCUT2D eigenvalue weighted by molar-refractivity contribution is -0.142. The number of piperazine rings is 1. The van der Waals surface area contributed by atoms with Crippen LogP contribution in [0.15, 0.2) is 45.9 Å². The van der Waals surface area contributed by atoms with Crippen LogP contribution in [-0.2, 0) is 25.0 Å². The zero-order valence-corrected chi connectivity index (χ0v) is 18.6. The van der Waals surface area contributed by atoms with Crippen LogP contribution in [0.25, 0.3) is 0 Å². The zero-order valence-electron chi connectivity index (χ0n) is 17.8. The Labute approximate surface area is 186 Å². The second-order valence-electron chi connectivity index (χ2n) is 7.98. The molecule has 10 heteroatoms. The number of ether oxygens (including phenoxy) is 1. The largest absolute Gasteiger partial charge is 0.460 e. The van der Waals surface area contributed by atoms with Crippen molar-refractivity contribution in [1.82, 2.24) is 9.21 Å². The maximum absolute atomic E-state index is 13.3. The lowest BCUT2D eigenvalue weighted by atomic mass is 9.63. The number of carbonyl (C=O) groups excluding carboxylic acids is 2. The van der Waals surface area contributed by atoms with E-state index in [0.717, 1.165) is 12.0 Å². The van der Waals surface area contributed by atoms with Gasteiger partial charge in [-0.05, 0) is 49.6 Å². The van der Waals surface area contributed by atoms with Crippen LogP contribution in [0.4, 0.5) is 4.39 Å². The van der Waals surface area contributed by atoms with Crippen LogP contribution in [0.2, 0.25) is 0 Å². The molecule has 8 nitrogen and oxygen atoms in total. The fraction of sp³-hybridized carbons (Fsp3) is 0.455. The van der Waals surface area contributed by atoms with Gasteiger partial charge in [-0.15, -0.1) is 0 Å². The highest BCUT2D eigenvalue weighted by Gasteiger charge is 2.48. The standard InChI is InChI=1S/C22H25FN2O6S/c1-2-30-20(26)18-8-9-19(31-18)32(28,29)25-14-12-24(13-15-25)21(27)22(10-3-11-22)16-4-6-17(23)7-5-16/h4-9H,2-3,10-15H2,1H3. The van der Waals surface area contributed by atoms with Gasteiger partial charge >= 0.3 is 5.97 Å². The second-order valence-corrected chi connectivity index (χ2v) is 9.85. The van der Waals surface area contributed by atoms with E-state index in [-0.39, 0.29) is 55.4 Å². The number of furan rings is 1. The molecule has 1 amide bonds. The highest BCUT2D eigenvalue weighted by molar-refractivity contribution is 7.89. The summed E-state index contributed by atoms with van der Waals surface area (Å²) >= 11 is 0. The van der Waals surface area contributed by atoms with Crippen LogP contribution in [0.5, 0.6) is 0 Å². The lowest BCUT2D eigenvalue weighted by Gasteiger charge is -2.45. The first-order valence-corrected chi connectivity index (χ1v) is 12.0. The van der Waals surface area contributed by atoms with Gasteiger partial charge < -0.3 is 14.1 Å². The van der Waals surface area contributed by atoms with Gasteiger partial charge in [0.05, 0.1) is 12.0 Å². The summed E-state index contributed by atoms with van der Waals surface area (Å²) in [5.41, 5.74) is 0.136. The average molecular weight is 465 g/mol. The van der Waals surface area contributed by atoms with Gasteiger partial charge in [0.15, 0.2) is 0 Å². The van der Waals surface area contributed by atoms with Crippen LogP contribution in [0.3, 0.4) is 0 Å². The molecule has 1 aliphatic carbocycles. The van der Waals surface area contributed by atoms with Crippen LogP contribution in [0, 0.1) is 5.82 Å². The highest BCUT2D eigenvalue weighted by Crippen LogP contribution is 2.45. The summed E-state index contributed by atoms with van der Waals surface area (Å²) in [4.78, 5) is 26.8. The van der Waals surface area contributed by atoms with Crippen molar-refractivity contribution in [2.45, 2.75) is 36.7 Å². The minimum atomic E-state index is -3.94. The summed E-state index contributed by atoms with van der Waals surface area (Å²) in [5.74, 6) is -1.30. The molecule has 32 heavy (non-hydrogen) atoms. The minimum Gasteiger partial charge on any atom is -0.460 e.